The maximum Gasteiger partial charge on any atom is 0.223 e. The summed E-state index contributed by atoms with van der Waals surface area (Å²) in [5.41, 5.74) is 0. The standard InChI is InChI=1S/C19H30N2O5S/c1-25-17-8-10-18(11-9-17)26-15-14-21(27(2,23)24)13-12-20-19(22)16-6-4-3-5-7-16/h8-11,16H,3-7,12-15H2,1-2H3,(H,20,22). The molecule has 1 fully saturated rings. The van der Waals surface area contributed by atoms with Crippen LogP contribution in [0.3, 0.4) is 0 Å². The van der Waals surface area contributed by atoms with E-state index in [-0.39, 0.29) is 31.5 Å². The van der Waals surface area contributed by atoms with E-state index in [1.165, 1.54) is 17.0 Å². The van der Waals surface area contributed by atoms with Gasteiger partial charge in [-0.1, -0.05) is 19.3 Å². The van der Waals surface area contributed by atoms with E-state index in [2.05, 4.69) is 5.32 Å². The Hall–Kier alpha value is -1.80. The van der Waals surface area contributed by atoms with Crippen molar-refractivity contribution >= 4 is 15.9 Å². The number of sulfonamides is 1. The van der Waals surface area contributed by atoms with Crippen LogP contribution in [0.4, 0.5) is 0 Å². The number of rotatable bonds is 10. The van der Waals surface area contributed by atoms with E-state index in [0.29, 0.717) is 12.3 Å². The number of methoxy groups -OCH3 is 1. The van der Waals surface area contributed by atoms with Crippen LogP contribution in [0.25, 0.3) is 0 Å². The number of hydrogen-bond donors (Lipinski definition) is 1. The Morgan fingerprint density at radius 1 is 1.11 bits per heavy atom. The third-order valence-electron chi connectivity index (χ3n) is 4.77. The van der Waals surface area contributed by atoms with Gasteiger partial charge in [0.15, 0.2) is 0 Å². The summed E-state index contributed by atoms with van der Waals surface area (Å²) in [7, 11) is -1.78. The van der Waals surface area contributed by atoms with Gasteiger partial charge in [-0.15, -0.1) is 0 Å². The average molecular weight is 399 g/mol. The van der Waals surface area contributed by atoms with E-state index in [4.69, 9.17) is 9.47 Å². The minimum absolute atomic E-state index is 0.0395. The second kappa shape index (κ2) is 10.5. The predicted molar refractivity (Wildman–Crippen MR) is 104 cm³/mol. The summed E-state index contributed by atoms with van der Waals surface area (Å²) < 4.78 is 36.0. The molecule has 1 aliphatic carbocycles. The van der Waals surface area contributed by atoms with Crippen LogP contribution in [-0.2, 0) is 14.8 Å². The molecule has 1 saturated carbocycles. The Bertz CT molecular complexity index is 685. The fourth-order valence-electron chi connectivity index (χ4n) is 3.19. The molecule has 7 nitrogen and oxygen atoms in total. The largest absolute Gasteiger partial charge is 0.497 e. The smallest absolute Gasteiger partial charge is 0.223 e. The Labute approximate surface area is 162 Å². The van der Waals surface area contributed by atoms with Crippen molar-refractivity contribution in [1.82, 2.24) is 9.62 Å². The number of carbonyl (C=O) groups is 1. The molecule has 0 bridgehead atoms. The quantitative estimate of drug-likeness (QED) is 0.652. The monoisotopic (exact) mass is 398 g/mol. The van der Waals surface area contributed by atoms with Crippen molar-refractivity contribution < 1.29 is 22.7 Å². The molecule has 1 N–H and O–H groups in total. The lowest BCUT2D eigenvalue weighted by molar-refractivity contribution is -0.125. The summed E-state index contributed by atoms with van der Waals surface area (Å²) in [4.78, 5) is 12.2. The summed E-state index contributed by atoms with van der Waals surface area (Å²) in [5, 5.41) is 2.88. The lowest BCUT2D eigenvalue weighted by Crippen LogP contribution is -2.41. The van der Waals surface area contributed by atoms with Crippen molar-refractivity contribution in [2.75, 3.05) is 39.6 Å². The Kier molecular flexibility index (Phi) is 8.37. The van der Waals surface area contributed by atoms with Crippen molar-refractivity contribution in [1.29, 1.82) is 0 Å². The molecule has 0 saturated heterocycles. The minimum atomic E-state index is -3.37. The third-order valence-corrected chi connectivity index (χ3v) is 6.08. The first-order valence-electron chi connectivity index (χ1n) is 9.40. The van der Waals surface area contributed by atoms with Gasteiger partial charge < -0.3 is 14.8 Å². The maximum absolute atomic E-state index is 12.2. The number of amides is 1. The molecule has 1 aromatic carbocycles. The summed E-state index contributed by atoms with van der Waals surface area (Å²) in [6.07, 6.45) is 6.41. The van der Waals surface area contributed by atoms with Crippen LogP contribution in [-0.4, -0.2) is 58.2 Å². The second-order valence-electron chi connectivity index (χ2n) is 6.81. The molecule has 0 aliphatic heterocycles. The molecule has 1 amide bonds. The molecule has 0 aromatic heterocycles. The fourth-order valence-corrected chi connectivity index (χ4v) is 4.02. The maximum atomic E-state index is 12.2. The van der Waals surface area contributed by atoms with Gasteiger partial charge in [0.2, 0.25) is 15.9 Å². The van der Waals surface area contributed by atoms with Crippen LogP contribution in [0, 0.1) is 5.92 Å². The van der Waals surface area contributed by atoms with E-state index in [1.807, 2.05) is 0 Å². The predicted octanol–water partition coefficient (Wildman–Crippen LogP) is 2.03. The minimum Gasteiger partial charge on any atom is -0.497 e. The highest BCUT2D eigenvalue weighted by atomic mass is 32.2. The molecule has 8 heteroatoms. The molecular weight excluding hydrogens is 368 g/mol. The highest BCUT2D eigenvalue weighted by Gasteiger charge is 2.22. The van der Waals surface area contributed by atoms with Gasteiger partial charge >= 0.3 is 0 Å². The average Bonchev–Trinajstić information content (AvgIpc) is 2.67. The molecule has 2 rings (SSSR count). The zero-order chi connectivity index (χ0) is 19.7. The van der Waals surface area contributed by atoms with Gasteiger partial charge in [0.1, 0.15) is 18.1 Å². The van der Waals surface area contributed by atoms with E-state index in [1.54, 1.807) is 31.4 Å². The SMILES string of the molecule is COc1ccc(OCCN(CCNC(=O)C2CCCCC2)S(C)(=O)=O)cc1. The molecule has 1 aliphatic rings. The lowest BCUT2D eigenvalue weighted by atomic mass is 9.89. The highest BCUT2D eigenvalue weighted by molar-refractivity contribution is 7.88. The summed E-state index contributed by atoms with van der Waals surface area (Å²) in [6, 6.07) is 7.11. The molecule has 0 atom stereocenters. The summed E-state index contributed by atoms with van der Waals surface area (Å²) in [6.45, 7) is 1.01. The van der Waals surface area contributed by atoms with Crippen LogP contribution < -0.4 is 14.8 Å². The molecule has 27 heavy (non-hydrogen) atoms. The van der Waals surface area contributed by atoms with Gasteiger partial charge in [0.25, 0.3) is 0 Å². The van der Waals surface area contributed by atoms with E-state index in [0.717, 1.165) is 31.4 Å². The molecule has 0 heterocycles. The van der Waals surface area contributed by atoms with E-state index >= 15 is 0 Å². The second-order valence-corrected chi connectivity index (χ2v) is 8.79. The van der Waals surface area contributed by atoms with E-state index < -0.39 is 10.0 Å². The van der Waals surface area contributed by atoms with Crippen molar-refractivity contribution in [3.63, 3.8) is 0 Å². The molecule has 0 spiro atoms. The van der Waals surface area contributed by atoms with Crippen LogP contribution in [0.2, 0.25) is 0 Å². The zero-order valence-corrected chi connectivity index (χ0v) is 17.0. The number of nitrogens with one attached hydrogen (secondary N) is 1. The Morgan fingerprint density at radius 3 is 2.33 bits per heavy atom. The number of nitrogens with zero attached hydrogens (tertiary/aromatic N) is 1. The number of ether oxygens (including phenoxy) is 2. The van der Waals surface area contributed by atoms with Gasteiger partial charge in [0.05, 0.1) is 13.4 Å². The summed E-state index contributed by atoms with van der Waals surface area (Å²) in [5.74, 6) is 1.49. The topological polar surface area (TPSA) is 84.9 Å². The van der Waals surface area contributed by atoms with Crippen LogP contribution in [0.5, 0.6) is 11.5 Å². The van der Waals surface area contributed by atoms with Gasteiger partial charge in [-0.05, 0) is 37.1 Å². The van der Waals surface area contributed by atoms with Crippen molar-refractivity contribution in [3.8, 4) is 11.5 Å². The number of hydrogen-bond acceptors (Lipinski definition) is 5. The first-order chi connectivity index (χ1) is 12.9. The lowest BCUT2D eigenvalue weighted by Gasteiger charge is -2.23. The first-order valence-corrected chi connectivity index (χ1v) is 11.2. The normalized spacial score (nSPS) is 15.5. The number of carbonyl (C=O) groups excluding carboxylic acids is 1. The van der Waals surface area contributed by atoms with E-state index in [9.17, 15) is 13.2 Å². The van der Waals surface area contributed by atoms with Gasteiger partial charge in [-0.3, -0.25) is 4.79 Å². The highest BCUT2D eigenvalue weighted by Crippen LogP contribution is 2.23. The van der Waals surface area contributed by atoms with Crippen molar-refractivity contribution in [2.24, 2.45) is 5.92 Å². The van der Waals surface area contributed by atoms with Crippen LogP contribution >= 0.6 is 0 Å². The van der Waals surface area contributed by atoms with Crippen LogP contribution in [0.15, 0.2) is 24.3 Å². The van der Waals surface area contributed by atoms with Crippen LogP contribution in [0.1, 0.15) is 32.1 Å². The number of benzene rings is 1. The molecule has 152 valence electrons. The fraction of sp³-hybridized carbons (Fsp3) is 0.632. The summed E-state index contributed by atoms with van der Waals surface area (Å²) >= 11 is 0. The zero-order valence-electron chi connectivity index (χ0n) is 16.1. The van der Waals surface area contributed by atoms with Crippen molar-refractivity contribution in [2.45, 2.75) is 32.1 Å². The molecule has 0 unspecified atom stereocenters. The Morgan fingerprint density at radius 2 is 1.74 bits per heavy atom. The Balaban J connectivity index is 1.76. The van der Waals surface area contributed by atoms with Gasteiger partial charge in [0, 0.05) is 25.6 Å². The molecule has 0 radical (unpaired) electrons. The first kappa shape index (κ1) is 21.5. The molecular formula is C19H30N2O5S. The van der Waals surface area contributed by atoms with Gasteiger partial charge in [-0.25, -0.2) is 8.42 Å². The van der Waals surface area contributed by atoms with Crippen molar-refractivity contribution in [3.05, 3.63) is 24.3 Å². The third kappa shape index (κ3) is 7.38. The molecule has 1 aromatic rings. The van der Waals surface area contributed by atoms with Gasteiger partial charge in [-0.2, -0.15) is 4.31 Å².